The summed E-state index contributed by atoms with van der Waals surface area (Å²) in [4.78, 5) is 17.9. The molecule has 0 saturated carbocycles. The first-order valence-electron chi connectivity index (χ1n) is 20.5. The van der Waals surface area contributed by atoms with Crippen LogP contribution in [0.3, 0.4) is 0 Å². The molecular formula is C55H39N5. The zero-order valence-corrected chi connectivity index (χ0v) is 32.9. The van der Waals surface area contributed by atoms with Crippen molar-refractivity contribution >= 4 is 55.2 Å². The highest BCUT2D eigenvalue weighted by Crippen LogP contribution is 2.46. The minimum atomic E-state index is 0.563. The van der Waals surface area contributed by atoms with Crippen LogP contribution >= 0.6 is 0 Å². The second-order valence-electron chi connectivity index (χ2n) is 15.2. The van der Waals surface area contributed by atoms with Gasteiger partial charge in [0.15, 0.2) is 11.6 Å². The standard InChI is InChI=1S/C55H39N5/c1-5-17-38(18-6-1)40-29-33-44(34-30-40)59(45-35-31-41(32-36-45)39-19-7-2-8-20-39)50-37-51-52(47-26-14-13-25-46(47)50)48-27-15-16-28-49(48)60(51)55-57-53(42-21-9-3-10-22-42)56-54(58-55)43-23-11-4-12-24-43/h1-7,9-19,21-37H,8,20H2. The number of nitrogens with zero attached hydrogens (tertiary/aromatic N) is 5. The summed E-state index contributed by atoms with van der Waals surface area (Å²) in [5, 5.41) is 4.59. The summed E-state index contributed by atoms with van der Waals surface area (Å²) in [6.07, 6.45) is 8.76. The summed E-state index contributed by atoms with van der Waals surface area (Å²) in [5.41, 5.74) is 12.1. The van der Waals surface area contributed by atoms with Gasteiger partial charge in [0.1, 0.15) is 0 Å². The van der Waals surface area contributed by atoms with Crippen LogP contribution in [-0.4, -0.2) is 19.5 Å². The normalized spacial score (nSPS) is 12.6. The molecule has 8 aromatic carbocycles. The van der Waals surface area contributed by atoms with Crippen LogP contribution in [0.2, 0.25) is 0 Å². The molecule has 0 bridgehead atoms. The summed E-state index contributed by atoms with van der Waals surface area (Å²) < 4.78 is 2.23. The van der Waals surface area contributed by atoms with Gasteiger partial charge in [-0.3, -0.25) is 4.57 Å². The molecule has 5 heteroatoms. The number of fused-ring (bicyclic) bond motifs is 5. The van der Waals surface area contributed by atoms with E-state index in [1.165, 1.54) is 22.3 Å². The Kier molecular flexibility index (Phi) is 8.90. The number of allylic oxidation sites excluding steroid dienone is 4. The number of hydrogen-bond acceptors (Lipinski definition) is 4. The highest BCUT2D eigenvalue weighted by Gasteiger charge is 2.24. The van der Waals surface area contributed by atoms with Gasteiger partial charge in [-0.15, -0.1) is 0 Å². The Bertz CT molecular complexity index is 3160. The SMILES string of the molecule is C1=CCCC(c2ccc(N(c3ccc(-c4ccccc4)cc3)c3cc4c(c5ccccc35)c3ccccc3n4-c3nc(-c4ccccc4)nc(-c4ccccc4)n3)cc2)=C1. The summed E-state index contributed by atoms with van der Waals surface area (Å²) >= 11 is 0. The lowest BCUT2D eigenvalue weighted by Crippen LogP contribution is -2.11. The molecule has 0 radical (unpaired) electrons. The molecule has 0 aliphatic heterocycles. The van der Waals surface area contributed by atoms with Gasteiger partial charge < -0.3 is 4.90 Å². The first-order valence-corrected chi connectivity index (χ1v) is 20.5. The molecule has 0 N–H and O–H groups in total. The monoisotopic (exact) mass is 769 g/mol. The van der Waals surface area contributed by atoms with Crippen molar-refractivity contribution in [3.63, 3.8) is 0 Å². The van der Waals surface area contributed by atoms with E-state index in [1.54, 1.807) is 0 Å². The lowest BCUT2D eigenvalue weighted by Gasteiger charge is -2.28. The molecular weight excluding hydrogens is 731 g/mol. The van der Waals surface area contributed by atoms with Crippen molar-refractivity contribution in [2.75, 3.05) is 4.90 Å². The number of hydrogen-bond donors (Lipinski definition) is 0. The van der Waals surface area contributed by atoms with Crippen molar-refractivity contribution in [3.8, 4) is 39.9 Å². The predicted molar refractivity (Wildman–Crippen MR) is 249 cm³/mol. The summed E-state index contributed by atoms with van der Waals surface area (Å²) in [6, 6.07) is 68.6. The van der Waals surface area contributed by atoms with Crippen LogP contribution in [0.15, 0.2) is 212 Å². The van der Waals surface area contributed by atoms with E-state index in [-0.39, 0.29) is 0 Å². The third kappa shape index (κ3) is 6.34. The largest absolute Gasteiger partial charge is 0.310 e. The van der Waals surface area contributed by atoms with Gasteiger partial charge in [-0.1, -0.05) is 176 Å². The molecule has 2 heterocycles. The third-order valence-electron chi connectivity index (χ3n) is 11.5. The van der Waals surface area contributed by atoms with Crippen LogP contribution in [-0.2, 0) is 0 Å². The summed E-state index contributed by atoms with van der Waals surface area (Å²) in [5.74, 6) is 1.80. The van der Waals surface area contributed by atoms with Crippen LogP contribution in [0.4, 0.5) is 17.1 Å². The smallest absolute Gasteiger partial charge is 0.238 e. The third-order valence-corrected chi connectivity index (χ3v) is 11.5. The van der Waals surface area contributed by atoms with E-state index in [9.17, 15) is 0 Å². The molecule has 0 atom stereocenters. The number of benzene rings is 8. The molecule has 284 valence electrons. The van der Waals surface area contributed by atoms with E-state index in [0.29, 0.717) is 17.6 Å². The fraction of sp³-hybridized carbons (Fsp3) is 0.0364. The van der Waals surface area contributed by atoms with Gasteiger partial charge in [0.2, 0.25) is 5.95 Å². The molecule has 2 aromatic heterocycles. The van der Waals surface area contributed by atoms with Crippen LogP contribution in [0.25, 0.3) is 78.0 Å². The van der Waals surface area contributed by atoms with E-state index >= 15 is 0 Å². The zero-order chi connectivity index (χ0) is 39.8. The van der Waals surface area contributed by atoms with Gasteiger partial charge in [0.05, 0.1) is 16.7 Å². The molecule has 0 spiro atoms. The Morgan fingerprint density at radius 1 is 0.433 bits per heavy atom. The van der Waals surface area contributed by atoms with Crippen molar-refractivity contribution in [2.24, 2.45) is 0 Å². The highest BCUT2D eigenvalue weighted by atomic mass is 15.2. The maximum atomic E-state index is 5.25. The Hall–Kier alpha value is -7.89. The molecule has 0 unspecified atom stereocenters. The van der Waals surface area contributed by atoms with Crippen molar-refractivity contribution in [1.82, 2.24) is 19.5 Å². The van der Waals surface area contributed by atoms with Crippen LogP contribution < -0.4 is 4.90 Å². The first kappa shape index (κ1) is 35.3. The second kappa shape index (κ2) is 15.1. The Balaban J connectivity index is 1.18. The van der Waals surface area contributed by atoms with Crippen molar-refractivity contribution in [3.05, 3.63) is 218 Å². The Morgan fingerprint density at radius 3 is 1.55 bits per heavy atom. The molecule has 5 nitrogen and oxygen atoms in total. The van der Waals surface area contributed by atoms with Gasteiger partial charge in [-0.25, -0.2) is 4.98 Å². The van der Waals surface area contributed by atoms with E-state index in [1.807, 2.05) is 36.4 Å². The van der Waals surface area contributed by atoms with Crippen LogP contribution in [0, 0.1) is 0 Å². The lowest BCUT2D eigenvalue weighted by atomic mass is 9.96. The van der Waals surface area contributed by atoms with E-state index in [2.05, 4.69) is 185 Å². The van der Waals surface area contributed by atoms with Gasteiger partial charge in [0.25, 0.3) is 0 Å². The lowest BCUT2D eigenvalue weighted by molar-refractivity contribution is 0.953. The molecule has 0 saturated heterocycles. The quantitative estimate of drug-likeness (QED) is 0.154. The van der Waals surface area contributed by atoms with E-state index in [0.717, 1.165) is 73.6 Å². The number of anilines is 3. The molecule has 1 aliphatic carbocycles. The summed E-state index contributed by atoms with van der Waals surface area (Å²) in [6.45, 7) is 0. The van der Waals surface area contributed by atoms with Gasteiger partial charge in [0, 0.05) is 38.7 Å². The number of rotatable bonds is 8. The Morgan fingerprint density at radius 2 is 0.950 bits per heavy atom. The van der Waals surface area contributed by atoms with Crippen molar-refractivity contribution in [1.29, 1.82) is 0 Å². The van der Waals surface area contributed by atoms with Gasteiger partial charge >= 0.3 is 0 Å². The number of aromatic nitrogens is 4. The molecule has 11 rings (SSSR count). The maximum absolute atomic E-state index is 5.25. The highest BCUT2D eigenvalue weighted by molar-refractivity contribution is 6.24. The molecule has 10 aromatic rings. The molecule has 1 aliphatic rings. The molecule has 0 amide bonds. The fourth-order valence-corrected chi connectivity index (χ4v) is 8.64. The summed E-state index contributed by atoms with van der Waals surface area (Å²) in [7, 11) is 0. The Labute approximate surface area is 348 Å². The van der Waals surface area contributed by atoms with Crippen molar-refractivity contribution in [2.45, 2.75) is 12.8 Å². The maximum Gasteiger partial charge on any atom is 0.238 e. The topological polar surface area (TPSA) is 46.8 Å². The van der Waals surface area contributed by atoms with Crippen LogP contribution in [0.1, 0.15) is 18.4 Å². The second-order valence-corrected chi connectivity index (χ2v) is 15.2. The molecule has 0 fully saturated rings. The zero-order valence-electron chi connectivity index (χ0n) is 32.9. The predicted octanol–water partition coefficient (Wildman–Crippen LogP) is 14.3. The van der Waals surface area contributed by atoms with Crippen LogP contribution in [0.5, 0.6) is 0 Å². The fourth-order valence-electron chi connectivity index (χ4n) is 8.64. The van der Waals surface area contributed by atoms with Gasteiger partial charge in [-0.05, 0) is 76.9 Å². The average molecular weight is 770 g/mol. The van der Waals surface area contributed by atoms with E-state index in [4.69, 9.17) is 15.0 Å². The van der Waals surface area contributed by atoms with Gasteiger partial charge in [-0.2, -0.15) is 9.97 Å². The minimum Gasteiger partial charge on any atom is -0.310 e. The average Bonchev–Trinajstić information content (AvgIpc) is 3.67. The van der Waals surface area contributed by atoms with E-state index < -0.39 is 0 Å². The first-order chi connectivity index (χ1) is 29.8. The number of para-hydroxylation sites is 1. The molecule has 60 heavy (non-hydrogen) atoms. The van der Waals surface area contributed by atoms with Crippen molar-refractivity contribution < 1.29 is 0 Å². The minimum absolute atomic E-state index is 0.563.